The maximum Gasteiger partial charge on any atom is 0.264 e. The number of hydrogen-bond acceptors (Lipinski definition) is 4. The molecule has 0 bridgehead atoms. The summed E-state index contributed by atoms with van der Waals surface area (Å²) in [6.45, 7) is 1.64. The van der Waals surface area contributed by atoms with E-state index >= 15 is 0 Å². The lowest BCUT2D eigenvalue weighted by molar-refractivity contribution is 0.0662. The third-order valence-electron chi connectivity index (χ3n) is 2.71. The average molecular weight is 266 g/mol. The van der Waals surface area contributed by atoms with E-state index < -0.39 is 11.4 Å². The first kappa shape index (κ1) is 13.6. The summed E-state index contributed by atoms with van der Waals surface area (Å²) in [6.07, 6.45) is 1.41. The zero-order chi connectivity index (χ0) is 13.7. The number of halogens is 1. The molecule has 0 atom stereocenters. The van der Waals surface area contributed by atoms with E-state index in [2.05, 4.69) is 4.98 Å². The van der Waals surface area contributed by atoms with Crippen LogP contribution in [0, 0.1) is 5.82 Å². The average Bonchev–Trinajstić information content (AvgIpc) is 2.41. The molecule has 0 amide bonds. The molecule has 0 saturated carbocycles. The highest BCUT2D eigenvalue weighted by atomic mass is 19.1. The van der Waals surface area contributed by atoms with Crippen molar-refractivity contribution >= 4 is 10.9 Å². The van der Waals surface area contributed by atoms with E-state index in [-0.39, 0.29) is 5.39 Å². The molecule has 1 aromatic carbocycles. The van der Waals surface area contributed by atoms with E-state index in [0.717, 1.165) is 0 Å². The second kappa shape index (κ2) is 6.40. The Morgan fingerprint density at radius 3 is 2.95 bits per heavy atom. The predicted octanol–water partition coefficient (Wildman–Crippen LogP) is 1.20. The molecule has 19 heavy (non-hydrogen) atoms. The summed E-state index contributed by atoms with van der Waals surface area (Å²) in [7, 11) is 1.59. The highest BCUT2D eigenvalue weighted by Gasteiger charge is 2.08. The molecule has 0 saturated heterocycles. The van der Waals surface area contributed by atoms with Crippen LogP contribution in [-0.4, -0.2) is 36.5 Å². The number of methoxy groups -OCH3 is 1. The van der Waals surface area contributed by atoms with Crippen LogP contribution in [0.5, 0.6) is 0 Å². The Morgan fingerprint density at radius 1 is 1.32 bits per heavy atom. The molecule has 0 aliphatic heterocycles. The molecule has 2 rings (SSSR count). The molecule has 1 heterocycles. The van der Waals surface area contributed by atoms with Gasteiger partial charge in [0.05, 0.1) is 38.2 Å². The first-order chi connectivity index (χ1) is 9.24. The van der Waals surface area contributed by atoms with Crippen molar-refractivity contribution in [1.29, 1.82) is 0 Å². The standard InChI is InChI=1S/C13H15FN2O3/c1-18-7-8-19-6-5-16-9-15-11-4-2-3-10(14)12(11)13(16)17/h2-4,9H,5-8H2,1H3. The molecular formula is C13H15FN2O3. The lowest BCUT2D eigenvalue weighted by Crippen LogP contribution is -2.24. The summed E-state index contributed by atoms with van der Waals surface area (Å²) in [5, 5.41) is 0.0156. The van der Waals surface area contributed by atoms with Gasteiger partial charge in [0.2, 0.25) is 0 Å². The lowest BCUT2D eigenvalue weighted by Gasteiger charge is -2.07. The number of fused-ring (bicyclic) bond motifs is 1. The van der Waals surface area contributed by atoms with Crippen LogP contribution >= 0.6 is 0 Å². The van der Waals surface area contributed by atoms with Gasteiger partial charge in [-0.15, -0.1) is 0 Å². The van der Waals surface area contributed by atoms with Gasteiger partial charge in [-0.1, -0.05) is 6.07 Å². The molecule has 0 radical (unpaired) electrons. The van der Waals surface area contributed by atoms with E-state index in [9.17, 15) is 9.18 Å². The van der Waals surface area contributed by atoms with Gasteiger partial charge in [0, 0.05) is 7.11 Å². The van der Waals surface area contributed by atoms with Crippen LogP contribution in [0.3, 0.4) is 0 Å². The molecule has 1 aromatic heterocycles. The summed E-state index contributed by atoms with van der Waals surface area (Å²) in [5.41, 5.74) is -0.0278. The minimum atomic E-state index is -0.551. The Hall–Kier alpha value is -1.79. The Labute approximate surface area is 109 Å². The smallest absolute Gasteiger partial charge is 0.264 e. The number of benzene rings is 1. The molecule has 5 nitrogen and oxygen atoms in total. The van der Waals surface area contributed by atoms with Crippen molar-refractivity contribution in [2.45, 2.75) is 6.54 Å². The zero-order valence-electron chi connectivity index (χ0n) is 10.6. The van der Waals surface area contributed by atoms with Crippen molar-refractivity contribution in [2.24, 2.45) is 0 Å². The molecule has 6 heteroatoms. The van der Waals surface area contributed by atoms with E-state index in [0.29, 0.717) is 31.9 Å². The summed E-state index contributed by atoms with van der Waals surface area (Å²) >= 11 is 0. The first-order valence-corrected chi connectivity index (χ1v) is 5.94. The summed E-state index contributed by atoms with van der Waals surface area (Å²) < 4.78 is 25.1. The van der Waals surface area contributed by atoms with E-state index in [4.69, 9.17) is 9.47 Å². The van der Waals surface area contributed by atoms with Crippen LogP contribution in [0.25, 0.3) is 10.9 Å². The largest absolute Gasteiger partial charge is 0.382 e. The number of nitrogens with zero attached hydrogens (tertiary/aromatic N) is 2. The fourth-order valence-corrected chi connectivity index (χ4v) is 1.73. The number of hydrogen-bond donors (Lipinski definition) is 0. The summed E-state index contributed by atoms with van der Waals surface area (Å²) in [4.78, 5) is 16.1. The molecule has 0 fully saturated rings. The van der Waals surface area contributed by atoms with Crippen LogP contribution in [0.2, 0.25) is 0 Å². The monoisotopic (exact) mass is 266 g/mol. The van der Waals surface area contributed by atoms with Gasteiger partial charge in [-0.3, -0.25) is 9.36 Å². The van der Waals surface area contributed by atoms with Crippen LogP contribution < -0.4 is 5.56 Å². The Bertz CT molecular complexity index is 612. The Balaban J connectivity index is 2.14. The van der Waals surface area contributed by atoms with E-state index in [1.54, 1.807) is 13.2 Å². The highest BCUT2D eigenvalue weighted by molar-refractivity contribution is 5.77. The SMILES string of the molecule is COCCOCCn1cnc2cccc(F)c2c1=O. The zero-order valence-corrected chi connectivity index (χ0v) is 10.6. The summed E-state index contributed by atoms with van der Waals surface area (Å²) in [5.74, 6) is -0.551. The molecule has 0 N–H and O–H groups in total. The van der Waals surface area contributed by atoms with E-state index in [1.165, 1.54) is 23.0 Å². The number of aromatic nitrogens is 2. The van der Waals surface area contributed by atoms with Gasteiger partial charge in [0.25, 0.3) is 5.56 Å². The van der Waals surface area contributed by atoms with Gasteiger partial charge in [-0.05, 0) is 12.1 Å². The third kappa shape index (κ3) is 3.15. The van der Waals surface area contributed by atoms with Gasteiger partial charge in [-0.2, -0.15) is 0 Å². The Kier molecular flexibility index (Phi) is 4.59. The fourth-order valence-electron chi connectivity index (χ4n) is 1.73. The molecular weight excluding hydrogens is 251 g/mol. The van der Waals surface area contributed by atoms with Gasteiger partial charge in [0.15, 0.2) is 0 Å². The maximum absolute atomic E-state index is 13.6. The van der Waals surface area contributed by atoms with Crippen molar-refractivity contribution in [3.8, 4) is 0 Å². The van der Waals surface area contributed by atoms with E-state index in [1.807, 2.05) is 0 Å². The lowest BCUT2D eigenvalue weighted by atomic mass is 10.2. The second-order valence-corrected chi connectivity index (χ2v) is 3.98. The van der Waals surface area contributed by atoms with Crippen molar-refractivity contribution in [1.82, 2.24) is 9.55 Å². The van der Waals surface area contributed by atoms with Crippen molar-refractivity contribution < 1.29 is 13.9 Å². The minimum Gasteiger partial charge on any atom is -0.382 e. The molecule has 102 valence electrons. The summed E-state index contributed by atoms with van der Waals surface area (Å²) in [6, 6.07) is 4.40. The van der Waals surface area contributed by atoms with Crippen molar-refractivity contribution in [3.63, 3.8) is 0 Å². The normalized spacial score (nSPS) is 11.1. The number of rotatable bonds is 6. The fraction of sp³-hybridized carbons (Fsp3) is 0.385. The predicted molar refractivity (Wildman–Crippen MR) is 68.7 cm³/mol. The van der Waals surface area contributed by atoms with Crippen molar-refractivity contribution in [3.05, 3.63) is 40.7 Å². The number of ether oxygens (including phenoxy) is 2. The molecule has 0 spiro atoms. The highest BCUT2D eigenvalue weighted by Crippen LogP contribution is 2.10. The maximum atomic E-state index is 13.6. The molecule has 0 aliphatic carbocycles. The van der Waals surface area contributed by atoms with Crippen LogP contribution in [-0.2, 0) is 16.0 Å². The van der Waals surface area contributed by atoms with Gasteiger partial charge < -0.3 is 9.47 Å². The van der Waals surface area contributed by atoms with Gasteiger partial charge >= 0.3 is 0 Å². The van der Waals surface area contributed by atoms with Crippen LogP contribution in [0.15, 0.2) is 29.3 Å². The third-order valence-corrected chi connectivity index (χ3v) is 2.71. The molecule has 2 aromatic rings. The first-order valence-electron chi connectivity index (χ1n) is 5.94. The van der Waals surface area contributed by atoms with Gasteiger partial charge in [0.1, 0.15) is 11.2 Å². The minimum absolute atomic E-state index is 0.0156. The Morgan fingerprint density at radius 2 is 2.16 bits per heavy atom. The molecule has 0 aliphatic rings. The van der Waals surface area contributed by atoms with Crippen LogP contribution in [0.4, 0.5) is 4.39 Å². The topological polar surface area (TPSA) is 53.4 Å². The van der Waals surface area contributed by atoms with Crippen LogP contribution in [0.1, 0.15) is 0 Å². The quantitative estimate of drug-likeness (QED) is 0.737. The van der Waals surface area contributed by atoms with Crippen molar-refractivity contribution in [2.75, 3.05) is 26.9 Å². The second-order valence-electron chi connectivity index (χ2n) is 3.98. The van der Waals surface area contributed by atoms with Gasteiger partial charge in [-0.25, -0.2) is 9.37 Å². The molecule has 0 unspecified atom stereocenters.